The number of rotatable bonds is 7. The average Bonchev–Trinajstić information content (AvgIpc) is 3.47. The second-order valence-electron chi connectivity index (χ2n) is 9.24. The topological polar surface area (TPSA) is 97.8 Å². The summed E-state index contributed by atoms with van der Waals surface area (Å²) in [6.07, 6.45) is 9.30. The van der Waals surface area contributed by atoms with Crippen molar-refractivity contribution in [3.63, 3.8) is 0 Å². The van der Waals surface area contributed by atoms with Gasteiger partial charge in [-0.05, 0) is 61.9 Å². The Bertz CT molecular complexity index is 1090. The highest BCUT2D eigenvalue weighted by Gasteiger charge is 2.38. The third-order valence-electron chi connectivity index (χ3n) is 6.84. The van der Waals surface area contributed by atoms with Gasteiger partial charge in [-0.1, -0.05) is 19.3 Å². The van der Waals surface area contributed by atoms with E-state index < -0.39 is 5.91 Å². The summed E-state index contributed by atoms with van der Waals surface area (Å²) in [6.45, 7) is 1.49. The van der Waals surface area contributed by atoms with E-state index in [4.69, 9.17) is 9.47 Å². The number of carbonyl (C=O) groups is 3. The number of hydrogen-bond acceptors (Lipinski definition) is 6. The van der Waals surface area contributed by atoms with Crippen molar-refractivity contribution in [2.45, 2.75) is 51.0 Å². The first-order chi connectivity index (χ1) is 16.6. The fraction of sp³-hybridized carbons (Fsp3) is 0.462. The van der Waals surface area contributed by atoms with Crippen molar-refractivity contribution in [3.8, 4) is 5.75 Å². The summed E-state index contributed by atoms with van der Waals surface area (Å²) in [7, 11) is 0. The smallest absolute Gasteiger partial charge is 0.261 e. The standard InChI is InChI=1S/C26H29N3O5/c30-24(28-23-22(9-4-12-27-23)34-16-17-6-2-1-3-7-17)18-10-11-20-21(14-18)26(32)29(25(20)31)15-19-8-5-13-33-19/h4,9-12,14,17,19H,1-3,5-8,13,15-16H2,(H,27,28,30). The molecule has 178 valence electrons. The molecule has 1 saturated carbocycles. The van der Waals surface area contributed by atoms with Crippen LogP contribution >= 0.6 is 0 Å². The van der Waals surface area contributed by atoms with Crippen LogP contribution in [0.2, 0.25) is 0 Å². The van der Waals surface area contributed by atoms with Crippen LogP contribution in [0.15, 0.2) is 36.5 Å². The maximum Gasteiger partial charge on any atom is 0.261 e. The summed E-state index contributed by atoms with van der Waals surface area (Å²) in [5, 5.41) is 2.80. The van der Waals surface area contributed by atoms with Crippen LogP contribution in [0.25, 0.3) is 0 Å². The second kappa shape index (κ2) is 9.93. The van der Waals surface area contributed by atoms with Gasteiger partial charge in [0.15, 0.2) is 11.6 Å². The minimum absolute atomic E-state index is 0.124. The fourth-order valence-corrected chi connectivity index (χ4v) is 4.93. The van der Waals surface area contributed by atoms with Crippen LogP contribution in [0.5, 0.6) is 5.75 Å². The molecule has 1 saturated heterocycles. The molecule has 3 amide bonds. The first-order valence-corrected chi connectivity index (χ1v) is 12.1. The van der Waals surface area contributed by atoms with Crippen molar-refractivity contribution >= 4 is 23.5 Å². The Balaban J connectivity index is 1.27. The lowest BCUT2D eigenvalue weighted by atomic mass is 9.90. The third-order valence-corrected chi connectivity index (χ3v) is 6.84. The molecule has 1 aromatic carbocycles. The Kier molecular flexibility index (Phi) is 6.58. The normalized spacial score (nSPS) is 20.5. The summed E-state index contributed by atoms with van der Waals surface area (Å²) >= 11 is 0. The number of imide groups is 1. The van der Waals surface area contributed by atoms with E-state index in [-0.39, 0.29) is 35.6 Å². The van der Waals surface area contributed by atoms with Gasteiger partial charge in [0, 0.05) is 18.4 Å². The van der Waals surface area contributed by atoms with Crippen molar-refractivity contribution in [2.75, 3.05) is 25.1 Å². The zero-order valence-corrected chi connectivity index (χ0v) is 19.1. The number of pyridine rings is 1. The van der Waals surface area contributed by atoms with Crippen LogP contribution in [0.1, 0.15) is 76.0 Å². The number of fused-ring (bicyclic) bond motifs is 1. The van der Waals surface area contributed by atoms with Crippen molar-refractivity contribution in [1.82, 2.24) is 9.88 Å². The molecule has 2 fully saturated rings. The molecule has 1 N–H and O–H groups in total. The summed E-state index contributed by atoms with van der Waals surface area (Å²) in [6, 6.07) is 8.14. The van der Waals surface area contributed by atoms with Crippen molar-refractivity contribution < 1.29 is 23.9 Å². The van der Waals surface area contributed by atoms with Crippen LogP contribution in [0.3, 0.4) is 0 Å². The van der Waals surface area contributed by atoms with E-state index in [1.54, 1.807) is 30.5 Å². The van der Waals surface area contributed by atoms with Gasteiger partial charge in [-0.2, -0.15) is 0 Å². The number of benzene rings is 1. The van der Waals surface area contributed by atoms with E-state index in [0.717, 1.165) is 25.7 Å². The molecule has 1 unspecified atom stereocenters. The Hall–Kier alpha value is -3.26. The van der Waals surface area contributed by atoms with E-state index in [9.17, 15) is 14.4 Å². The Morgan fingerprint density at radius 3 is 2.68 bits per heavy atom. The summed E-state index contributed by atoms with van der Waals surface area (Å²) in [5.74, 6) is 0.241. The van der Waals surface area contributed by atoms with Gasteiger partial charge in [0.05, 0.1) is 30.4 Å². The molecule has 0 spiro atoms. The minimum Gasteiger partial charge on any atom is -0.489 e. The molecule has 1 aliphatic carbocycles. The van der Waals surface area contributed by atoms with Gasteiger partial charge in [0.25, 0.3) is 17.7 Å². The molecule has 1 aromatic heterocycles. The van der Waals surface area contributed by atoms with Crippen molar-refractivity contribution in [3.05, 3.63) is 53.2 Å². The summed E-state index contributed by atoms with van der Waals surface area (Å²) in [4.78, 5) is 44.1. The van der Waals surface area contributed by atoms with Gasteiger partial charge >= 0.3 is 0 Å². The lowest BCUT2D eigenvalue weighted by Gasteiger charge is -2.22. The number of carbonyl (C=O) groups excluding carboxylic acids is 3. The fourth-order valence-electron chi connectivity index (χ4n) is 4.93. The Morgan fingerprint density at radius 2 is 1.88 bits per heavy atom. The summed E-state index contributed by atoms with van der Waals surface area (Å²) < 4.78 is 11.6. The van der Waals surface area contributed by atoms with Gasteiger partial charge in [-0.25, -0.2) is 4.98 Å². The lowest BCUT2D eigenvalue weighted by Crippen LogP contribution is -2.36. The van der Waals surface area contributed by atoms with Crippen LogP contribution in [-0.4, -0.2) is 53.5 Å². The van der Waals surface area contributed by atoms with E-state index in [1.807, 2.05) is 0 Å². The molecule has 2 aliphatic heterocycles. The number of hydrogen-bond donors (Lipinski definition) is 1. The van der Waals surface area contributed by atoms with E-state index in [0.29, 0.717) is 36.3 Å². The average molecular weight is 464 g/mol. The highest BCUT2D eigenvalue weighted by molar-refractivity contribution is 6.22. The number of nitrogens with zero attached hydrogens (tertiary/aromatic N) is 2. The molecular weight excluding hydrogens is 434 g/mol. The largest absolute Gasteiger partial charge is 0.489 e. The molecule has 8 heteroatoms. The van der Waals surface area contributed by atoms with Gasteiger partial charge < -0.3 is 14.8 Å². The quantitative estimate of drug-likeness (QED) is 0.622. The summed E-state index contributed by atoms with van der Waals surface area (Å²) in [5.41, 5.74) is 0.835. The molecule has 1 atom stereocenters. The molecule has 3 aliphatic rings. The van der Waals surface area contributed by atoms with Crippen LogP contribution in [0.4, 0.5) is 5.82 Å². The number of anilines is 1. The van der Waals surface area contributed by atoms with E-state index >= 15 is 0 Å². The van der Waals surface area contributed by atoms with Crippen molar-refractivity contribution in [1.29, 1.82) is 0 Å². The SMILES string of the molecule is O=C(Nc1ncccc1OCC1CCCCC1)c1ccc2c(c1)C(=O)N(CC1CCCO1)C2=O. The monoisotopic (exact) mass is 463 g/mol. The highest BCUT2D eigenvalue weighted by Crippen LogP contribution is 2.29. The first-order valence-electron chi connectivity index (χ1n) is 12.1. The minimum atomic E-state index is -0.415. The van der Waals surface area contributed by atoms with E-state index in [1.165, 1.54) is 30.2 Å². The van der Waals surface area contributed by atoms with Gasteiger partial charge in [-0.3, -0.25) is 19.3 Å². The highest BCUT2D eigenvalue weighted by atomic mass is 16.5. The van der Waals surface area contributed by atoms with Gasteiger partial charge in [0.2, 0.25) is 0 Å². The maximum atomic E-state index is 13.0. The Labute approximate surface area is 198 Å². The van der Waals surface area contributed by atoms with Crippen LogP contribution < -0.4 is 10.1 Å². The van der Waals surface area contributed by atoms with Crippen LogP contribution in [-0.2, 0) is 4.74 Å². The first kappa shape index (κ1) is 22.5. The number of amides is 3. The molecule has 3 heterocycles. The van der Waals surface area contributed by atoms with Crippen molar-refractivity contribution in [2.24, 2.45) is 5.92 Å². The molecule has 8 nitrogen and oxygen atoms in total. The molecule has 0 bridgehead atoms. The molecule has 34 heavy (non-hydrogen) atoms. The zero-order chi connectivity index (χ0) is 23.5. The molecule has 2 aromatic rings. The number of ether oxygens (including phenoxy) is 2. The molecule has 0 radical (unpaired) electrons. The van der Waals surface area contributed by atoms with Crippen LogP contribution in [0, 0.1) is 5.92 Å². The number of nitrogens with one attached hydrogen (secondary N) is 1. The van der Waals surface area contributed by atoms with Gasteiger partial charge in [0.1, 0.15) is 0 Å². The van der Waals surface area contributed by atoms with E-state index in [2.05, 4.69) is 10.3 Å². The predicted molar refractivity (Wildman–Crippen MR) is 125 cm³/mol. The third kappa shape index (κ3) is 4.68. The lowest BCUT2D eigenvalue weighted by molar-refractivity contribution is 0.0475. The zero-order valence-electron chi connectivity index (χ0n) is 19.1. The second-order valence-corrected chi connectivity index (χ2v) is 9.24. The molecule has 5 rings (SSSR count). The Morgan fingerprint density at radius 1 is 1.06 bits per heavy atom. The predicted octanol–water partition coefficient (Wildman–Crippen LogP) is 4.07. The maximum absolute atomic E-state index is 13.0. The molecular formula is C26H29N3O5. The van der Waals surface area contributed by atoms with Gasteiger partial charge in [-0.15, -0.1) is 0 Å². The number of aromatic nitrogens is 1.